The smallest absolute Gasteiger partial charge is 0.239 e. The standard InChI is InChI=1S/C13H19BrN2O/c1-8(2)7-16-12(13(15)17)10-5-4-9(3)11(14)6-10/h4-6,8,12,16H,7H2,1-3H3,(H2,15,17). The monoisotopic (exact) mass is 298 g/mol. The van der Waals surface area contributed by atoms with Crippen LogP contribution in [0.5, 0.6) is 0 Å². The predicted octanol–water partition coefficient (Wildman–Crippen LogP) is 2.53. The van der Waals surface area contributed by atoms with Gasteiger partial charge in [-0.25, -0.2) is 0 Å². The molecule has 1 atom stereocenters. The van der Waals surface area contributed by atoms with Crippen LogP contribution in [-0.2, 0) is 4.79 Å². The van der Waals surface area contributed by atoms with E-state index in [-0.39, 0.29) is 5.91 Å². The fourth-order valence-corrected chi connectivity index (χ4v) is 1.92. The van der Waals surface area contributed by atoms with E-state index in [0.29, 0.717) is 5.92 Å². The van der Waals surface area contributed by atoms with Gasteiger partial charge in [-0.2, -0.15) is 0 Å². The highest BCUT2D eigenvalue weighted by Gasteiger charge is 2.17. The van der Waals surface area contributed by atoms with E-state index >= 15 is 0 Å². The molecule has 1 aromatic rings. The molecule has 3 N–H and O–H groups in total. The molecule has 1 amide bonds. The first kappa shape index (κ1) is 14.2. The zero-order chi connectivity index (χ0) is 13.0. The van der Waals surface area contributed by atoms with E-state index in [4.69, 9.17) is 5.73 Å². The highest BCUT2D eigenvalue weighted by atomic mass is 79.9. The Morgan fingerprint density at radius 1 is 1.47 bits per heavy atom. The third kappa shape index (κ3) is 4.13. The van der Waals surface area contributed by atoms with E-state index in [1.54, 1.807) is 0 Å². The number of amides is 1. The molecule has 0 bridgehead atoms. The lowest BCUT2D eigenvalue weighted by atomic mass is 10.0. The molecule has 1 aromatic carbocycles. The molecular weight excluding hydrogens is 280 g/mol. The Kier molecular flexibility index (Phi) is 5.15. The number of carbonyl (C=O) groups excluding carboxylic acids is 1. The van der Waals surface area contributed by atoms with Crippen molar-refractivity contribution in [1.29, 1.82) is 0 Å². The summed E-state index contributed by atoms with van der Waals surface area (Å²) in [5.74, 6) is 0.132. The zero-order valence-electron chi connectivity index (χ0n) is 10.5. The Hall–Kier alpha value is -0.870. The quantitative estimate of drug-likeness (QED) is 0.878. The molecule has 0 aromatic heterocycles. The summed E-state index contributed by atoms with van der Waals surface area (Å²) in [6.45, 7) is 6.96. The Bertz CT molecular complexity index is 404. The van der Waals surface area contributed by atoms with Gasteiger partial charge in [0.2, 0.25) is 5.91 Å². The minimum atomic E-state index is -0.422. The van der Waals surface area contributed by atoms with Crippen molar-refractivity contribution in [3.8, 4) is 0 Å². The molecule has 0 radical (unpaired) electrons. The number of aryl methyl sites for hydroxylation is 1. The Balaban J connectivity index is 2.89. The van der Waals surface area contributed by atoms with Gasteiger partial charge in [0.25, 0.3) is 0 Å². The molecule has 0 saturated carbocycles. The number of nitrogens with one attached hydrogen (secondary N) is 1. The van der Waals surface area contributed by atoms with Gasteiger partial charge in [0.15, 0.2) is 0 Å². The molecule has 94 valence electrons. The van der Waals surface area contributed by atoms with Crippen molar-refractivity contribution in [3.63, 3.8) is 0 Å². The van der Waals surface area contributed by atoms with Crippen LogP contribution in [0.2, 0.25) is 0 Å². The SMILES string of the molecule is Cc1ccc(C(NCC(C)C)C(N)=O)cc1Br. The third-order valence-corrected chi connectivity index (χ3v) is 3.40. The summed E-state index contributed by atoms with van der Waals surface area (Å²) in [6.07, 6.45) is 0. The number of primary amides is 1. The van der Waals surface area contributed by atoms with Gasteiger partial charge in [-0.15, -0.1) is 0 Å². The van der Waals surface area contributed by atoms with Gasteiger partial charge < -0.3 is 11.1 Å². The number of benzene rings is 1. The molecular formula is C13H19BrN2O. The van der Waals surface area contributed by atoms with Crippen LogP contribution in [0.25, 0.3) is 0 Å². The normalized spacial score (nSPS) is 12.8. The van der Waals surface area contributed by atoms with E-state index in [0.717, 1.165) is 22.1 Å². The molecule has 0 aliphatic rings. The van der Waals surface area contributed by atoms with Crippen molar-refractivity contribution >= 4 is 21.8 Å². The Morgan fingerprint density at radius 3 is 2.59 bits per heavy atom. The van der Waals surface area contributed by atoms with Crippen LogP contribution >= 0.6 is 15.9 Å². The van der Waals surface area contributed by atoms with Gasteiger partial charge in [-0.05, 0) is 36.6 Å². The summed E-state index contributed by atoms with van der Waals surface area (Å²) in [5.41, 5.74) is 7.46. The lowest BCUT2D eigenvalue weighted by molar-refractivity contribution is -0.120. The maximum atomic E-state index is 11.5. The largest absolute Gasteiger partial charge is 0.368 e. The van der Waals surface area contributed by atoms with Gasteiger partial charge in [0.05, 0.1) is 0 Å². The lowest BCUT2D eigenvalue weighted by Gasteiger charge is -2.18. The van der Waals surface area contributed by atoms with Crippen LogP contribution in [-0.4, -0.2) is 12.5 Å². The number of hydrogen-bond donors (Lipinski definition) is 2. The van der Waals surface area contributed by atoms with E-state index in [1.807, 2.05) is 25.1 Å². The summed E-state index contributed by atoms with van der Waals surface area (Å²) in [4.78, 5) is 11.5. The minimum Gasteiger partial charge on any atom is -0.368 e. The number of hydrogen-bond acceptors (Lipinski definition) is 2. The van der Waals surface area contributed by atoms with Crippen LogP contribution in [0.3, 0.4) is 0 Å². The lowest BCUT2D eigenvalue weighted by Crippen LogP contribution is -2.35. The van der Waals surface area contributed by atoms with Crippen molar-refractivity contribution in [1.82, 2.24) is 5.32 Å². The van der Waals surface area contributed by atoms with E-state index in [2.05, 4.69) is 35.1 Å². The first-order chi connectivity index (χ1) is 7.91. The van der Waals surface area contributed by atoms with Gasteiger partial charge in [-0.3, -0.25) is 4.79 Å². The van der Waals surface area contributed by atoms with Crippen LogP contribution in [0.15, 0.2) is 22.7 Å². The van der Waals surface area contributed by atoms with Crippen LogP contribution < -0.4 is 11.1 Å². The summed E-state index contributed by atoms with van der Waals surface area (Å²) in [6, 6.07) is 5.43. The van der Waals surface area contributed by atoms with Gasteiger partial charge in [0, 0.05) is 4.47 Å². The molecule has 0 heterocycles. The maximum absolute atomic E-state index is 11.5. The van der Waals surface area contributed by atoms with Crippen LogP contribution in [0.4, 0.5) is 0 Å². The van der Waals surface area contributed by atoms with E-state index in [1.165, 1.54) is 0 Å². The molecule has 0 aliphatic heterocycles. The second kappa shape index (κ2) is 6.17. The topological polar surface area (TPSA) is 55.1 Å². The molecule has 1 unspecified atom stereocenters. The van der Waals surface area contributed by atoms with Crippen molar-refractivity contribution in [2.24, 2.45) is 11.7 Å². The number of carbonyl (C=O) groups is 1. The highest BCUT2D eigenvalue weighted by Crippen LogP contribution is 2.22. The Morgan fingerprint density at radius 2 is 2.12 bits per heavy atom. The van der Waals surface area contributed by atoms with Gasteiger partial charge in [-0.1, -0.05) is 41.9 Å². The molecule has 3 nitrogen and oxygen atoms in total. The first-order valence-corrected chi connectivity index (χ1v) is 6.50. The Labute approximate surface area is 111 Å². The number of rotatable bonds is 5. The van der Waals surface area contributed by atoms with E-state index in [9.17, 15) is 4.79 Å². The number of nitrogens with two attached hydrogens (primary N) is 1. The van der Waals surface area contributed by atoms with Gasteiger partial charge >= 0.3 is 0 Å². The van der Waals surface area contributed by atoms with Crippen LogP contribution in [0, 0.1) is 12.8 Å². The summed E-state index contributed by atoms with van der Waals surface area (Å²) in [5, 5.41) is 3.19. The predicted molar refractivity (Wildman–Crippen MR) is 73.7 cm³/mol. The fraction of sp³-hybridized carbons (Fsp3) is 0.462. The molecule has 0 aliphatic carbocycles. The van der Waals surface area contributed by atoms with Crippen molar-refractivity contribution in [2.75, 3.05) is 6.54 Å². The minimum absolute atomic E-state index is 0.346. The molecule has 0 fully saturated rings. The van der Waals surface area contributed by atoms with Gasteiger partial charge in [0.1, 0.15) is 6.04 Å². The summed E-state index contributed by atoms with van der Waals surface area (Å²) >= 11 is 3.46. The second-order valence-electron chi connectivity index (χ2n) is 4.65. The van der Waals surface area contributed by atoms with Crippen molar-refractivity contribution < 1.29 is 4.79 Å². The number of halogens is 1. The van der Waals surface area contributed by atoms with Crippen molar-refractivity contribution in [2.45, 2.75) is 26.8 Å². The van der Waals surface area contributed by atoms with Crippen LogP contribution in [0.1, 0.15) is 31.0 Å². The second-order valence-corrected chi connectivity index (χ2v) is 5.50. The van der Waals surface area contributed by atoms with E-state index < -0.39 is 6.04 Å². The third-order valence-electron chi connectivity index (χ3n) is 2.54. The molecule has 0 saturated heterocycles. The zero-order valence-corrected chi connectivity index (χ0v) is 12.0. The molecule has 0 spiro atoms. The maximum Gasteiger partial charge on any atom is 0.239 e. The summed E-state index contributed by atoms with van der Waals surface area (Å²) in [7, 11) is 0. The average molecular weight is 299 g/mol. The fourth-order valence-electron chi connectivity index (χ4n) is 1.52. The average Bonchev–Trinajstić information content (AvgIpc) is 2.22. The summed E-state index contributed by atoms with van der Waals surface area (Å²) < 4.78 is 0.993. The first-order valence-electron chi connectivity index (χ1n) is 5.70. The molecule has 17 heavy (non-hydrogen) atoms. The molecule has 4 heteroatoms. The molecule has 1 rings (SSSR count). The van der Waals surface area contributed by atoms with Crippen molar-refractivity contribution in [3.05, 3.63) is 33.8 Å². The highest BCUT2D eigenvalue weighted by molar-refractivity contribution is 9.10.